The fourth-order valence-electron chi connectivity index (χ4n) is 1.19. The number of benzene rings is 1. The Kier molecular flexibility index (Phi) is 4.17. The molecule has 1 aromatic carbocycles. The van der Waals surface area contributed by atoms with Gasteiger partial charge in [0.25, 0.3) is 0 Å². The van der Waals surface area contributed by atoms with Crippen LogP contribution in [-0.4, -0.2) is 19.1 Å². The SMILES string of the molecule is CNC(C)(C)CNc1cc(Br)ccc1C. The first-order chi connectivity index (χ1) is 6.94. The molecule has 15 heavy (non-hydrogen) atoms. The molecular weight excluding hydrogens is 252 g/mol. The lowest BCUT2D eigenvalue weighted by Crippen LogP contribution is -2.42. The minimum absolute atomic E-state index is 0.106. The van der Waals surface area contributed by atoms with Crippen LogP contribution in [0, 0.1) is 6.92 Å². The quantitative estimate of drug-likeness (QED) is 0.879. The molecule has 0 spiro atoms. The second-order valence-corrected chi connectivity index (χ2v) is 5.36. The van der Waals surface area contributed by atoms with Crippen LogP contribution in [0.15, 0.2) is 22.7 Å². The van der Waals surface area contributed by atoms with E-state index >= 15 is 0 Å². The zero-order chi connectivity index (χ0) is 11.5. The number of hydrogen-bond acceptors (Lipinski definition) is 2. The molecule has 0 aliphatic carbocycles. The van der Waals surface area contributed by atoms with Crippen molar-refractivity contribution in [3.63, 3.8) is 0 Å². The number of likely N-dealkylation sites (N-methyl/N-ethyl adjacent to an activating group) is 1. The Bertz CT molecular complexity index is 334. The van der Waals surface area contributed by atoms with Crippen molar-refractivity contribution in [3.05, 3.63) is 28.2 Å². The van der Waals surface area contributed by atoms with Crippen molar-refractivity contribution in [2.75, 3.05) is 18.9 Å². The minimum Gasteiger partial charge on any atom is -0.383 e. The van der Waals surface area contributed by atoms with E-state index in [9.17, 15) is 0 Å². The van der Waals surface area contributed by atoms with Gasteiger partial charge in [0.05, 0.1) is 0 Å². The van der Waals surface area contributed by atoms with Gasteiger partial charge in [-0.1, -0.05) is 22.0 Å². The van der Waals surface area contributed by atoms with Gasteiger partial charge in [-0.25, -0.2) is 0 Å². The molecule has 0 bridgehead atoms. The molecule has 1 aromatic rings. The van der Waals surface area contributed by atoms with E-state index in [0.29, 0.717) is 0 Å². The molecular formula is C12H19BrN2. The average Bonchev–Trinajstić information content (AvgIpc) is 2.20. The smallest absolute Gasteiger partial charge is 0.0381 e. The van der Waals surface area contributed by atoms with Crippen molar-refractivity contribution in [1.29, 1.82) is 0 Å². The van der Waals surface area contributed by atoms with E-state index in [0.717, 1.165) is 11.0 Å². The van der Waals surface area contributed by atoms with Gasteiger partial charge in [-0.05, 0) is 45.5 Å². The first-order valence-electron chi connectivity index (χ1n) is 5.13. The molecule has 0 unspecified atom stereocenters. The highest BCUT2D eigenvalue weighted by atomic mass is 79.9. The summed E-state index contributed by atoms with van der Waals surface area (Å²) in [6.07, 6.45) is 0. The summed E-state index contributed by atoms with van der Waals surface area (Å²) in [5.74, 6) is 0. The summed E-state index contributed by atoms with van der Waals surface area (Å²) in [5, 5.41) is 6.72. The Morgan fingerprint density at radius 3 is 2.60 bits per heavy atom. The van der Waals surface area contributed by atoms with Crippen molar-refractivity contribution in [2.45, 2.75) is 26.3 Å². The maximum absolute atomic E-state index is 3.48. The molecule has 0 radical (unpaired) electrons. The van der Waals surface area contributed by atoms with Crippen LogP contribution < -0.4 is 10.6 Å². The molecule has 84 valence electrons. The van der Waals surface area contributed by atoms with E-state index in [2.05, 4.69) is 65.5 Å². The highest BCUT2D eigenvalue weighted by Gasteiger charge is 2.14. The molecule has 1 rings (SSSR count). The largest absolute Gasteiger partial charge is 0.383 e. The Morgan fingerprint density at radius 1 is 1.33 bits per heavy atom. The van der Waals surface area contributed by atoms with Crippen molar-refractivity contribution in [1.82, 2.24) is 5.32 Å². The van der Waals surface area contributed by atoms with E-state index in [1.807, 2.05) is 7.05 Å². The molecule has 0 atom stereocenters. The predicted molar refractivity (Wildman–Crippen MR) is 70.5 cm³/mol. The molecule has 0 saturated carbocycles. The third kappa shape index (κ3) is 3.84. The molecule has 0 amide bonds. The van der Waals surface area contributed by atoms with Gasteiger partial charge >= 0.3 is 0 Å². The Labute approximate surface area is 101 Å². The van der Waals surface area contributed by atoms with Crippen LogP contribution in [0.2, 0.25) is 0 Å². The van der Waals surface area contributed by atoms with Gasteiger partial charge in [0, 0.05) is 22.2 Å². The molecule has 0 aliphatic heterocycles. The first kappa shape index (κ1) is 12.5. The van der Waals surface area contributed by atoms with Gasteiger partial charge in [0.15, 0.2) is 0 Å². The lowest BCUT2D eigenvalue weighted by Gasteiger charge is -2.25. The molecule has 0 aliphatic rings. The van der Waals surface area contributed by atoms with E-state index in [-0.39, 0.29) is 5.54 Å². The highest BCUT2D eigenvalue weighted by molar-refractivity contribution is 9.10. The molecule has 0 aromatic heterocycles. The van der Waals surface area contributed by atoms with Crippen molar-refractivity contribution in [3.8, 4) is 0 Å². The van der Waals surface area contributed by atoms with Crippen molar-refractivity contribution >= 4 is 21.6 Å². The Hall–Kier alpha value is -0.540. The Balaban J connectivity index is 2.69. The standard InChI is InChI=1S/C12H19BrN2/c1-9-5-6-10(13)7-11(9)15-8-12(2,3)14-4/h5-7,14-15H,8H2,1-4H3. The molecule has 2 nitrogen and oxygen atoms in total. The zero-order valence-electron chi connectivity index (χ0n) is 9.82. The van der Waals surface area contributed by atoms with Crippen LogP contribution in [-0.2, 0) is 0 Å². The van der Waals surface area contributed by atoms with Gasteiger partial charge in [-0.3, -0.25) is 0 Å². The van der Waals surface area contributed by atoms with Gasteiger partial charge in [0.2, 0.25) is 0 Å². The second kappa shape index (κ2) is 4.99. The monoisotopic (exact) mass is 270 g/mol. The van der Waals surface area contributed by atoms with Crippen molar-refractivity contribution in [2.24, 2.45) is 0 Å². The third-order valence-electron chi connectivity index (χ3n) is 2.60. The third-order valence-corrected chi connectivity index (χ3v) is 3.09. The molecule has 3 heteroatoms. The summed E-state index contributed by atoms with van der Waals surface area (Å²) in [6, 6.07) is 6.28. The number of rotatable bonds is 4. The van der Waals surface area contributed by atoms with E-state index in [1.165, 1.54) is 11.3 Å². The van der Waals surface area contributed by atoms with Gasteiger partial charge in [0.1, 0.15) is 0 Å². The topological polar surface area (TPSA) is 24.1 Å². The van der Waals surface area contributed by atoms with Crippen molar-refractivity contribution < 1.29 is 0 Å². The minimum atomic E-state index is 0.106. The summed E-state index contributed by atoms with van der Waals surface area (Å²) >= 11 is 3.48. The number of hydrogen-bond donors (Lipinski definition) is 2. The average molecular weight is 271 g/mol. The van der Waals surface area contributed by atoms with Crippen LogP contribution in [0.3, 0.4) is 0 Å². The normalized spacial score (nSPS) is 11.5. The summed E-state index contributed by atoms with van der Waals surface area (Å²) in [5.41, 5.74) is 2.56. The number of anilines is 1. The molecule has 0 fully saturated rings. The highest BCUT2D eigenvalue weighted by Crippen LogP contribution is 2.21. The number of halogens is 1. The van der Waals surface area contributed by atoms with E-state index in [4.69, 9.17) is 0 Å². The predicted octanol–water partition coefficient (Wildman–Crippen LogP) is 3.17. The fourth-order valence-corrected chi connectivity index (χ4v) is 1.55. The van der Waals surface area contributed by atoms with Gasteiger partial charge < -0.3 is 10.6 Å². The molecule has 0 heterocycles. The van der Waals surface area contributed by atoms with Crippen LogP contribution in [0.5, 0.6) is 0 Å². The number of nitrogens with one attached hydrogen (secondary N) is 2. The summed E-state index contributed by atoms with van der Waals surface area (Å²) < 4.78 is 1.11. The summed E-state index contributed by atoms with van der Waals surface area (Å²) in [4.78, 5) is 0. The zero-order valence-corrected chi connectivity index (χ0v) is 11.4. The van der Waals surface area contributed by atoms with E-state index < -0.39 is 0 Å². The van der Waals surface area contributed by atoms with Crippen LogP contribution in [0.1, 0.15) is 19.4 Å². The summed E-state index contributed by atoms with van der Waals surface area (Å²) in [7, 11) is 1.98. The Morgan fingerprint density at radius 2 is 2.00 bits per heavy atom. The fraction of sp³-hybridized carbons (Fsp3) is 0.500. The lowest BCUT2D eigenvalue weighted by atomic mass is 10.1. The maximum atomic E-state index is 3.48. The maximum Gasteiger partial charge on any atom is 0.0381 e. The second-order valence-electron chi connectivity index (χ2n) is 4.45. The van der Waals surface area contributed by atoms with E-state index in [1.54, 1.807) is 0 Å². The summed E-state index contributed by atoms with van der Waals surface area (Å²) in [6.45, 7) is 7.36. The van der Waals surface area contributed by atoms with Crippen LogP contribution in [0.25, 0.3) is 0 Å². The van der Waals surface area contributed by atoms with Gasteiger partial charge in [-0.15, -0.1) is 0 Å². The first-order valence-corrected chi connectivity index (χ1v) is 5.93. The molecule has 0 saturated heterocycles. The molecule has 2 N–H and O–H groups in total. The van der Waals surface area contributed by atoms with Crippen LogP contribution >= 0.6 is 15.9 Å². The van der Waals surface area contributed by atoms with Crippen LogP contribution in [0.4, 0.5) is 5.69 Å². The van der Waals surface area contributed by atoms with Gasteiger partial charge in [-0.2, -0.15) is 0 Å². The lowest BCUT2D eigenvalue weighted by molar-refractivity contribution is 0.448. The number of aryl methyl sites for hydroxylation is 1.